The molecule has 98 valence electrons. The van der Waals surface area contributed by atoms with Crippen LogP contribution in [-0.4, -0.2) is 36.6 Å². The summed E-state index contributed by atoms with van der Waals surface area (Å²) >= 11 is 0. The number of halogens is 1. The van der Waals surface area contributed by atoms with Crippen molar-refractivity contribution in [3.05, 3.63) is 11.4 Å². The molecule has 4 nitrogen and oxygen atoms in total. The number of likely N-dealkylation sites (tertiary alicyclic amines) is 1. The van der Waals surface area contributed by atoms with E-state index in [0.717, 1.165) is 32.4 Å². The molecule has 0 saturated carbocycles. The highest BCUT2D eigenvalue weighted by atomic mass is 35.5. The van der Waals surface area contributed by atoms with E-state index < -0.39 is 0 Å². The van der Waals surface area contributed by atoms with Crippen molar-refractivity contribution in [2.45, 2.75) is 45.2 Å². The van der Waals surface area contributed by atoms with Crippen LogP contribution >= 0.6 is 12.4 Å². The van der Waals surface area contributed by atoms with Crippen LogP contribution in [0.2, 0.25) is 0 Å². The van der Waals surface area contributed by atoms with Crippen LogP contribution in [0, 0.1) is 6.57 Å². The zero-order valence-corrected chi connectivity index (χ0v) is 11.3. The lowest BCUT2D eigenvalue weighted by Gasteiger charge is -2.16. The highest BCUT2D eigenvalue weighted by Gasteiger charge is 2.32. The second kappa shape index (κ2) is 9.26. The number of carbonyl (C=O) groups excluding carboxylic acids is 1. The van der Waals surface area contributed by atoms with E-state index in [2.05, 4.69) is 17.1 Å². The van der Waals surface area contributed by atoms with Crippen molar-refractivity contribution in [2.75, 3.05) is 19.6 Å². The van der Waals surface area contributed by atoms with Crippen LogP contribution in [0.3, 0.4) is 0 Å². The van der Waals surface area contributed by atoms with Gasteiger partial charge in [0, 0.05) is 13.0 Å². The average molecular weight is 260 g/mol. The molecule has 1 saturated heterocycles. The second-order valence-electron chi connectivity index (χ2n) is 4.22. The quantitative estimate of drug-likeness (QED) is 0.586. The van der Waals surface area contributed by atoms with Crippen LogP contribution in [0.5, 0.6) is 0 Å². The molecule has 0 aliphatic carbocycles. The van der Waals surface area contributed by atoms with E-state index in [9.17, 15) is 4.79 Å². The first-order valence-electron chi connectivity index (χ1n) is 6.16. The fourth-order valence-corrected chi connectivity index (χ4v) is 1.97. The fourth-order valence-electron chi connectivity index (χ4n) is 1.97. The molecule has 1 aliphatic heterocycles. The summed E-state index contributed by atoms with van der Waals surface area (Å²) in [6.07, 6.45) is 5.12. The van der Waals surface area contributed by atoms with Crippen molar-refractivity contribution in [1.82, 2.24) is 10.2 Å². The van der Waals surface area contributed by atoms with Gasteiger partial charge in [0.15, 0.2) is 0 Å². The van der Waals surface area contributed by atoms with E-state index >= 15 is 0 Å². The van der Waals surface area contributed by atoms with Gasteiger partial charge in [-0.1, -0.05) is 19.8 Å². The zero-order chi connectivity index (χ0) is 11.8. The third-order valence-corrected chi connectivity index (χ3v) is 2.92. The molecule has 17 heavy (non-hydrogen) atoms. The van der Waals surface area contributed by atoms with Gasteiger partial charge in [-0.25, -0.2) is 6.57 Å². The monoisotopic (exact) mass is 259 g/mol. The Balaban J connectivity index is 0.00000256. The molecule has 0 aromatic heterocycles. The molecular weight excluding hydrogens is 238 g/mol. The van der Waals surface area contributed by atoms with Crippen LogP contribution in [-0.2, 0) is 4.79 Å². The van der Waals surface area contributed by atoms with Gasteiger partial charge in [0.05, 0.1) is 6.54 Å². The van der Waals surface area contributed by atoms with E-state index in [1.165, 1.54) is 12.8 Å². The highest BCUT2D eigenvalue weighted by molar-refractivity contribution is 5.85. The lowest BCUT2D eigenvalue weighted by molar-refractivity contribution is -0.130. The van der Waals surface area contributed by atoms with Gasteiger partial charge in [0.1, 0.15) is 0 Å². The fraction of sp³-hybridized carbons (Fsp3) is 0.833. The molecule has 5 heteroatoms. The Kier molecular flexibility index (Phi) is 8.83. The van der Waals surface area contributed by atoms with Gasteiger partial charge in [-0.2, -0.15) is 0 Å². The lowest BCUT2D eigenvalue weighted by Crippen LogP contribution is -2.40. The molecule has 1 fully saturated rings. The van der Waals surface area contributed by atoms with Gasteiger partial charge in [0.25, 0.3) is 0 Å². The minimum absolute atomic E-state index is 0. The Morgan fingerprint density at radius 3 is 2.94 bits per heavy atom. The van der Waals surface area contributed by atoms with Gasteiger partial charge in [-0.05, 0) is 19.4 Å². The number of nitrogens with zero attached hydrogens (tertiary/aromatic N) is 2. The zero-order valence-electron chi connectivity index (χ0n) is 10.4. The minimum Gasteiger partial charge on any atom is -0.308 e. The third-order valence-electron chi connectivity index (χ3n) is 2.92. The minimum atomic E-state index is -0.204. The van der Waals surface area contributed by atoms with E-state index in [4.69, 9.17) is 6.57 Å². The number of hydrogen-bond donors (Lipinski definition) is 1. The van der Waals surface area contributed by atoms with Crippen LogP contribution in [0.4, 0.5) is 0 Å². The van der Waals surface area contributed by atoms with Crippen LogP contribution in [0.15, 0.2) is 0 Å². The largest absolute Gasteiger partial charge is 0.308 e. The van der Waals surface area contributed by atoms with Crippen molar-refractivity contribution >= 4 is 18.3 Å². The van der Waals surface area contributed by atoms with Gasteiger partial charge in [-0.15, -0.1) is 12.4 Å². The van der Waals surface area contributed by atoms with Crippen molar-refractivity contribution in [3.63, 3.8) is 0 Å². The first-order valence-corrected chi connectivity index (χ1v) is 6.16. The Hall–Kier alpha value is -0.790. The van der Waals surface area contributed by atoms with Crippen molar-refractivity contribution in [3.8, 4) is 0 Å². The first-order chi connectivity index (χ1) is 7.79. The molecule has 0 radical (unpaired) electrons. The summed E-state index contributed by atoms with van der Waals surface area (Å²) in [5.41, 5.74) is 0. The Labute approximate surface area is 110 Å². The van der Waals surface area contributed by atoms with E-state index in [1.807, 2.05) is 0 Å². The van der Waals surface area contributed by atoms with Gasteiger partial charge in [-0.3, -0.25) is 14.5 Å². The SMILES string of the molecule is Cl.[C-]#[N+][C@@H]1CCCN1C(=O)CNCCCCC. The first kappa shape index (κ1) is 16.2. The van der Waals surface area contributed by atoms with Crippen molar-refractivity contribution < 1.29 is 4.79 Å². The normalized spacial score (nSPS) is 18.6. The number of amides is 1. The second-order valence-corrected chi connectivity index (χ2v) is 4.22. The van der Waals surface area contributed by atoms with Crippen LogP contribution in [0.25, 0.3) is 4.85 Å². The summed E-state index contributed by atoms with van der Waals surface area (Å²) in [6, 6.07) is 0. The third kappa shape index (κ3) is 5.38. The van der Waals surface area contributed by atoms with Crippen LogP contribution < -0.4 is 5.32 Å². The predicted octanol–water partition coefficient (Wildman–Crippen LogP) is 2.06. The molecule has 1 aliphatic rings. The lowest BCUT2D eigenvalue weighted by atomic mass is 10.2. The summed E-state index contributed by atoms with van der Waals surface area (Å²) in [4.78, 5) is 17.0. The number of hydrogen-bond acceptors (Lipinski definition) is 2. The maximum Gasteiger partial charge on any atom is 0.300 e. The molecule has 1 atom stereocenters. The van der Waals surface area contributed by atoms with Crippen molar-refractivity contribution in [2.24, 2.45) is 0 Å². The van der Waals surface area contributed by atoms with E-state index in [1.54, 1.807) is 4.90 Å². The van der Waals surface area contributed by atoms with Crippen molar-refractivity contribution in [1.29, 1.82) is 0 Å². The van der Waals surface area contributed by atoms with Gasteiger partial charge in [0.2, 0.25) is 5.91 Å². The Morgan fingerprint density at radius 1 is 1.53 bits per heavy atom. The summed E-state index contributed by atoms with van der Waals surface area (Å²) < 4.78 is 0. The molecule has 1 rings (SSSR count). The average Bonchev–Trinajstić information content (AvgIpc) is 2.76. The molecule has 1 N–H and O–H groups in total. The Morgan fingerprint density at radius 2 is 2.29 bits per heavy atom. The molecule has 1 heterocycles. The van der Waals surface area contributed by atoms with Gasteiger partial charge < -0.3 is 5.32 Å². The number of nitrogens with one attached hydrogen (secondary N) is 1. The molecule has 1 amide bonds. The smallest absolute Gasteiger partial charge is 0.300 e. The molecule has 0 aromatic carbocycles. The molecule has 0 aromatic rings. The molecule has 0 bridgehead atoms. The molecule has 0 spiro atoms. The summed E-state index contributed by atoms with van der Waals surface area (Å²) in [5.74, 6) is 0.0787. The number of rotatable bonds is 6. The van der Waals surface area contributed by atoms with E-state index in [0.29, 0.717) is 6.54 Å². The van der Waals surface area contributed by atoms with E-state index in [-0.39, 0.29) is 24.5 Å². The molecule has 0 unspecified atom stereocenters. The standard InChI is InChI=1S/C12H21N3O.ClH/c1-3-4-5-8-14-10-12(16)15-9-6-7-11(15)13-2;/h11,14H,3-10H2,1H3;1H/t11-;/m0./s1. The topological polar surface area (TPSA) is 36.7 Å². The maximum atomic E-state index is 11.8. The Bertz CT molecular complexity index is 265. The van der Waals surface area contributed by atoms with Gasteiger partial charge >= 0.3 is 6.17 Å². The van der Waals surface area contributed by atoms with Crippen LogP contribution in [0.1, 0.15) is 39.0 Å². The summed E-state index contributed by atoms with van der Waals surface area (Å²) in [6.45, 7) is 11.2. The number of carbonyl (C=O) groups is 1. The molecular formula is C12H22ClN3O. The number of unbranched alkanes of at least 4 members (excludes halogenated alkanes) is 2. The predicted molar refractivity (Wildman–Crippen MR) is 71.0 cm³/mol. The maximum absolute atomic E-state index is 11.8. The summed E-state index contributed by atoms with van der Waals surface area (Å²) in [5, 5.41) is 3.15. The highest BCUT2D eigenvalue weighted by Crippen LogP contribution is 2.17. The summed E-state index contributed by atoms with van der Waals surface area (Å²) in [7, 11) is 0.